The molecule has 0 radical (unpaired) electrons. The molecule has 8 rings (SSSR count). The van der Waals surface area contributed by atoms with Crippen molar-refractivity contribution < 1.29 is 58.5 Å². The van der Waals surface area contributed by atoms with Crippen LogP contribution < -0.4 is 19.3 Å². The first-order valence-electron chi connectivity index (χ1n) is 20.1. The molecule has 0 spiro atoms. The van der Waals surface area contributed by atoms with E-state index in [2.05, 4.69) is 29.4 Å². The van der Waals surface area contributed by atoms with Crippen molar-refractivity contribution in [1.82, 2.24) is 29.1 Å². The molecule has 0 aliphatic carbocycles. The van der Waals surface area contributed by atoms with Crippen LogP contribution in [0.15, 0.2) is 54.6 Å². The molecule has 2 aromatic carbocycles. The molecule has 0 bridgehead atoms. The van der Waals surface area contributed by atoms with E-state index in [1.54, 1.807) is 34.3 Å². The van der Waals surface area contributed by atoms with Gasteiger partial charge in [-0.1, -0.05) is 29.3 Å². The molecule has 1 atom stereocenters. The molecule has 6 heterocycles. The number of imidazole rings is 2. The number of hydrogen-bond acceptors (Lipinski definition) is 10. The van der Waals surface area contributed by atoms with E-state index in [1.807, 2.05) is 36.6 Å². The van der Waals surface area contributed by atoms with Gasteiger partial charge in [0.05, 0.1) is 57.1 Å². The number of aryl methyl sites for hydroxylation is 4. The van der Waals surface area contributed by atoms with Crippen LogP contribution in [0.5, 0.6) is 11.8 Å². The summed E-state index contributed by atoms with van der Waals surface area (Å²) >= 11 is 12.6. The van der Waals surface area contributed by atoms with Crippen LogP contribution >= 0.6 is 23.2 Å². The molecule has 65 heavy (non-hydrogen) atoms. The summed E-state index contributed by atoms with van der Waals surface area (Å²) in [6, 6.07) is 11.9. The van der Waals surface area contributed by atoms with Crippen LogP contribution in [0.2, 0.25) is 10.0 Å². The Bertz CT molecular complexity index is 2730. The molecule has 2 aliphatic rings. The maximum Gasteiger partial charge on any atom is 0.419 e. The Hall–Kier alpha value is -5.67. The molecular formula is C42H39Cl2F9N8O4. The third kappa shape index (κ3) is 9.67. The summed E-state index contributed by atoms with van der Waals surface area (Å²) in [7, 11) is 0. The summed E-state index contributed by atoms with van der Waals surface area (Å²) in [5.41, 5.74) is 2.65. The Morgan fingerprint density at radius 1 is 0.662 bits per heavy atom. The van der Waals surface area contributed by atoms with Crippen LogP contribution in [0.4, 0.5) is 62.8 Å². The first kappa shape index (κ1) is 47.3. The number of pyridine rings is 2. The molecule has 4 aromatic heterocycles. The zero-order valence-corrected chi connectivity index (χ0v) is 36.4. The van der Waals surface area contributed by atoms with Crippen molar-refractivity contribution in [2.45, 2.75) is 79.1 Å². The first-order valence-corrected chi connectivity index (χ1v) is 20.8. The van der Waals surface area contributed by atoms with Crippen LogP contribution in [0.25, 0.3) is 27.8 Å². The van der Waals surface area contributed by atoms with E-state index in [9.17, 15) is 39.5 Å². The van der Waals surface area contributed by atoms with Gasteiger partial charge in [-0.05, 0) is 70.9 Å². The molecule has 0 saturated carbocycles. The van der Waals surface area contributed by atoms with E-state index >= 15 is 0 Å². The van der Waals surface area contributed by atoms with Crippen LogP contribution in [0, 0.1) is 13.8 Å². The second-order valence-electron chi connectivity index (χ2n) is 14.4. The molecule has 0 fully saturated rings. The lowest BCUT2D eigenvalue weighted by atomic mass is 10.1. The highest BCUT2D eigenvalue weighted by Crippen LogP contribution is 2.45. The van der Waals surface area contributed by atoms with Crippen molar-refractivity contribution in [3.05, 3.63) is 87.2 Å². The summed E-state index contributed by atoms with van der Waals surface area (Å²) < 4.78 is 142. The van der Waals surface area contributed by atoms with Gasteiger partial charge in [-0.15, -0.1) is 0 Å². The second kappa shape index (κ2) is 19.4. The van der Waals surface area contributed by atoms with Gasteiger partial charge in [-0.3, -0.25) is 0 Å². The Balaban J connectivity index is 0.000000194. The number of rotatable bonds is 12. The fraction of sp³-hybridized carbons (Fsp3) is 0.381. The summed E-state index contributed by atoms with van der Waals surface area (Å²) in [6.45, 7) is 3.13. The topological polar surface area (TPSA) is 105 Å². The van der Waals surface area contributed by atoms with Crippen LogP contribution in [0.1, 0.15) is 55.3 Å². The van der Waals surface area contributed by atoms with Crippen molar-refractivity contribution in [1.29, 1.82) is 0 Å². The number of aromatic nitrogens is 6. The largest absolute Gasteiger partial charge is 0.478 e. The molecule has 0 saturated heterocycles. The number of anilines is 4. The minimum atomic E-state index is -5.06. The number of alkyl halides is 7. The van der Waals surface area contributed by atoms with Gasteiger partial charge in [-0.2, -0.15) is 39.5 Å². The fourth-order valence-electron chi connectivity index (χ4n) is 7.89. The number of ether oxygens (including phenoxy) is 4. The van der Waals surface area contributed by atoms with Crippen molar-refractivity contribution in [3.63, 3.8) is 0 Å². The SMILES string of the molecule is CCOc1ccc(N2CCCn3c2nc2c(Cl)ccc(C(OC(F)F)=C(F)F)c23)c(C)n1.CCOc1ccc(N2CCCn3c2nc2c(Cl)ccc(C(OC(F)F)C(F)(F)F)c23)c(C)n1. The number of hydrogen-bond donors (Lipinski definition) is 0. The van der Waals surface area contributed by atoms with Gasteiger partial charge in [0.2, 0.25) is 29.4 Å². The van der Waals surface area contributed by atoms with Crippen molar-refractivity contribution >= 4 is 74.3 Å². The van der Waals surface area contributed by atoms with Gasteiger partial charge in [0.1, 0.15) is 11.0 Å². The highest BCUT2D eigenvalue weighted by Gasteiger charge is 2.46. The van der Waals surface area contributed by atoms with Gasteiger partial charge in [0.15, 0.2) is 6.10 Å². The fourth-order valence-corrected chi connectivity index (χ4v) is 8.28. The van der Waals surface area contributed by atoms with E-state index in [-0.39, 0.29) is 37.7 Å². The monoisotopic (exact) mass is 960 g/mol. The van der Waals surface area contributed by atoms with Gasteiger partial charge >= 0.3 is 25.5 Å². The predicted molar refractivity (Wildman–Crippen MR) is 225 cm³/mol. The first-order chi connectivity index (χ1) is 30.9. The molecule has 2 aliphatic heterocycles. The number of fused-ring (bicyclic) bond motifs is 6. The van der Waals surface area contributed by atoms with E-state index in [4.69, 9.17) is 32.7 Å². The third-order valence-corrected chi connectivity index (χ3v) is 11.0. The van der Waals surface area contributed by atoms with Crippen LogP contribution in [0.3, 0.4) is 0 Å². The van der Waals surface area contributed by atoms with E-state index in [0.717, 1.165) is 11.8 Å². The van der Waals surface area contributed by atoms with Crippen molar-refractivity contribution in [2.75, 3.05) is 36.1 Å². The average molecular weight is 962 g/mol. The maximum absolute atomic E-state index is 13.7. The molecule has 12 nitrogen and oxygen atoms in total. The molecule has 23 heteroatoms. The summed E-state index contributed by atoms with van der Waals surface area (Å²) in [6.07, 6.45) is -9.02. The summed E-state index contributed by atoms with van der Waals surface area (Å²) in [5.74, 6) is 0.539. The van der Waals surface area contributed by atoms with E-state index in [0.29, 0.717) is 93.0 Å². The van der Waals surface area contributed by atoms with Gasteiger partial charge in [0.25, 0.3) is 0 Å². The van der Waals surface area contributed by atoms with Crippen LogP contribution in [-0.4, -0.2) is 74.8 Å². The Morgan fingerprint density at radius 2 is 1.15 bits per heavy atom. The van der Waals surface area contributed by atoms with Crippen molar-refractivity contribution in [3.8, 4) is 11.8 Å². The lowest BCUT2D eigenvalue weighted by Crippen LogP contribution is -2.30. The normalized spacial score (nSPS) is 14.4. The average Bonchev–Trinajstić information content (AvgIpc) is 3.84. The zero-order valence-electron chi connectivity index (χ0n) is 34.9. The summed E-state index contributed by atoms with van der Waals surface area (Å²) in [4.78, 5) is 21.7. The van der Waals surface area contributed by atoms with Gasteiger partial charge in [0, 0.05) is 49.4 Å². The zero-order chi connectivity index (χ0) is 46.9. The number of nitrogens with zero attached hydrogens (tertiary/aromatic N) is 8. The Kier molecular flexibility index (Phi) is 14.1. The molecule has 0 N–H and O–H groups in total. The minimum Gasteiger partial charge on any atom is -0.478 e. The molecule has 1 unspecified atom stereocenters. The molecule has 348 valence electrons. The minimum absolute atomic E-state index is 0.0155. The number of halogens is 11. The lowest BCUT2D eigenvalue weighted by Gasteiger charge is -2.30. The maximum atomic E-state index is 13.7. The van der Waals surface area contributed by atoms with E-state index in [1.165, 1.54) is 18.2 Å². The highest BCUT2D eigenvalue weighted by molar-refractivity contribution is 6.35. The molecule has 6 aromatic rings. The Labute approximate surface area is 375 Å². The highest BCUT2D eigenvalue weighted by atomic mass is 35.5. The standard InChI is InChI=1S/C21H20ClF5N4O2.C21H19ClF4N4O2/c1-3-32-15-8-7-14(11(2)28-15)30-9-4-10-31-17-12(18(21(25,26)27)33-19(23)24)5-6-13(22)16(17)29-20(30)31;1-3-31-15-8-7-14(11(2)27-15)29-9-4-10-30-17-12(18(19(23)24)32-20(25)26)5-6-13(22)16(17)28-21(29)30/h5-8,18-19H,3-4,9-10H2,1-2H3;5-8,20H,3-4,9-10H2,1-2H3. The van der Waals surface area contributed by atoms with Crippen molar-refractivity contribution in [2.24, 2.45) is 0 Å². The lowest BCUT2D eigenvalue weighted by molar-refractivity contribution is -0.276. The molecule has 0 amide bonds. The smallest absolute Gasteiger partial charge is 0.419 e. The molecular weight excluding hydrogens is 922 g/mol. The predicted octanol–water partition coefficient (Wildman–Crippen LogP) is 12.3. The van der Waals surface area contributed by atoms with Gasteiger partial charge in [-0.25, -0.2) is 19.9 Å². The quantitative estimate of drug-likeness (QED) is 0.0870. The van der Waals surface area contributed by atoms with Crippen LogP contribution in [-0.2, 0) is 22.6 Å². The van der Waals surface area contributed by atoms with E-state index < -0.39 is 42.9 Å². The second-order valence-corrected chi connectivity index (χ2v) is 15.2. The number of benzene rings is 2. The Morgan fingerprint density at radius 3 is 1.60 bits per heavy atom. The third-order valence-electron chi connectivity index (χ3n) is 10.4. The van der Waals surface area contributed by atoms with Gasteiger partial charge < -0.3 is 37.9 Å². The summed E-state index contributed by atoms with van der Waals surface area (Å²) in [5, 5.41) is 0.318.